The molecule has 33 heavy (non-hydrogen) atoms. The second-order valence-corrected chi connectivity index (χ2v) is 9.18. The number of methoxy groups -OCH3 is 1. The number of aryl methyl sites for hydroxylation is 1. The Labute approximate surface area is 196 Å². The van der Waals surface area contributed by atoms with Gasteiger partial charge >= 0.3 is 0 Å². The minimum Gasteiger partial charge on any atom is -0.495 e. The van der Waals surface area contributed by atoms with Gasteiger partial charge < -0.3 is 15.0 Å². The van der Waals surface area contributed by atoms with Gasteiger partial charge in [-0.2, -0.15) is 0 Å². The largest absolute Gasteiger partial charge is 0.495 e. The van der Waals surface area contributed by atoms with Crippen molar-refractivity contribution in [1.82, 2.24) is 10.2 Å². The first-order valence-electron chi connectivity index (χ1n) is 12.1. The molecule has 1 N–H and O–H groups in total. The molecule has 5 rings (SSSR count). The van der Waals surface area contributed by atoms with Gasteiger partial charge in [0.15, 0.2) is 0 Å². The van der Waals surface area contributed by atoms with Crippen LogP contribution in [0.15, 0.2) is 60.7 Å². The highest BCUT2D eigenvalue weighted by Crippen LogP contribution is 2.39. The van der Waals surface area contributed by atoms with E-state index >= 15 is 0 Å². The lowest BCUT2D eigenvalue weighted by atomic mass is 9.93. The molecule has 3 aromatic rings. The van der Waals surface area contributed by atoms with Crippen molar-refractivity contribution in [3.8, 4) is 5.75 Å². The average Bonchev–Trinajstić information content (AvgIpc) is 2.87. The van der Waals surface area contributed by atoms with Gasteiger partial charge in [-0.05, 0) is 66.8 Å². The van der Waals surface area contributed by atoms with E-state index < -0.39 is 0 Å². The van der Waals surface area contributed by atoms with E-state index in [1.54, 1.807) is 7.11 Å². The SMILES string of the molecule is COc1cccc2c1N1CCN(CCCCNC(=O)c3ccc4ccccc4c3)C[C@H]1CC2. The fraction of sp³-hybridized carbons (Fsp3) is 0.393. The third-order valence-electron chi connectivity index (χ3n) is 7.10. The summed E-state index contributed by atoms with van der Waals surface area (Å²) in [5, 5.41) is 5.36. The third kappa shape index (κ3) is 4.69. The standard InChI is InChI=1S/C28H33N3O2/c1-33-26-10-6-9-22-13-14-25-20-30(17-18-31(25)27(22)26)16-5-4-15-29-28(32)24-12-11-21-7-2-3-8-23(21)19-24/h2-3,6-12,19,25H,4-5,13-18,20H2,1H3,(H,29,32)/t25-/m1/s1. The van der Waals surface area contributed by atoms with Crippen LogP contribution in [0.4, 0.5) is 5.69 Å². The molecule has 172 valence electrons. The Morgan fingerprint density at radius 1 is 1.03 bits per heavy atom. The molecule has 2 aliphatic heterocycles. The third-order valence-corrected chi connectivity index (χ3v) is 7.10. The molecule has 0 saturated carbocycles. The maximum atomic E-state index is 12.5. The lowest BCUT2D eigenvalue weighted by molar-refractivity contribution is 0.0952. The number of carbonyl (C=O) groups excluding carboxylic acids is 1. The van der Waals surface area contributed by atoms with E-state index in [9.17, 15) is 4.79 Å². The number of piperazine rings is 1. The topological polar surface area (TPSA) is 44.8 Å². The summed E-state index contributed by atoms with van der Waals surface area (Å²) in [5.74, 6) is 1.02. The fourth-order valence-corrected chi connectivity index (χ4v) is 5.34. The van der Waals surface area contributed by atoms with Crippen LogP contribution in [0.3, 0.4) is 0 Å². The Kier molecular flexibility index (Phi) is 6.49. The smallest absolute Gasteiger partial charge is 0.251 e. The summed E-state index contributed by atoms with van der Waals surface area (Å²) < 4.78 is 5.66. The summed E-state index contributed by atoms with van der Waals surface area (Å²) >= 11 is 0. The summed E-state index contributed by atoms with van der Waals surface area (Å²) in [4.78, 5) is 17.7. The molecule has 0 bridgehead atoms. The second kappa shape index (κ2) is 9.84. The van der Waals surface area contributed by atoms with Crippen LogP contribution in [0.5, 0.6) is 5.75 Å². The molecular weight excluding hydrogens is 410 g/mol. The number of ether oxygens (including phenoxy) is 1. The Morgan fingerprint density at radius 2 is 1.91 bits per heavy atom. The van der Waals surface area contributed by atoms with E-state index in [0.717, 1.165) is 74.1 Å². The molecule has 5 nitrogen and oxygen atoms in total. The maximum absolute atomic E-state index is 12.5. The van der Waals surface area contributed by atoms with Gasteiger partial charge in [-0.15, -0.1) is 0 Å². The van der Waals surface area contributed by atoms with Crippen LogP contribution in [-0.4, -0.2) is 56.7 Å². The van der Waals surface area contributed by atoms with E-state index in [0.29, 0.717) is 6.04 Å². The van der Waals surface area contributed by atoms with Gasteiger partial charge in [0.2, 0.25) is 0 Å². The summed E-state index contributed by atoms with van der Waals surface area (Å²) in [6.07, 6.45) is 4.44. The number of anilines is 1. The van der Waals surface area contributed by atoms with Gasteiger partial charge in [0.05, 0.1) is 12.8 Å². The zero-order valence-corrected chi connectivity index (χ0v) is 19.4. The summed E-state index contributed by atoms with van der Waals surface area (Å²) in [6, 6.07) is 21.0. The van der Waals surface area contributed by atoms with Crippen LogP contribution in [0, 0.1) is 0 Å². The van der Waals surface area contributed by atoms with E-state index in [2.05, 4.69) is 39.4 Å². The van der Waals surface area contributed by atoms with Crippen LogP contribution in [0.1, 0.15) is 35.2 Å². The van der Waals surface area contributed by atoms with Gasteiger partial charge in [-0.3, -0.25) is 9.69 Å². The molecule has 0 aromatic heterocycles. The fourth-order valence-electron chi connectivity index (χ4n) is 5.34. The van der Waals surface area contributed by atoms with Crippen LogP contribution in [-0.2, 0) is 6.42 Å². The number of unbranched alkanes of at least 4 members (excludes halogenated alkanes) is 1. The Balaban J connectivity index is 1.07. The first kappa shape index (κ1) is 21.8. The zero-order valence-electron chi connectivity index (χ0n) is 19.4. The van der Waals surface area contributed by atoms with E-state index in [4.69, 9.17) is 4.74 Å². The molecular formula is C28H33N3O2. The normalized spacial score (nSPS) is 18.0. The number of rotatable bonds is 7. The van der Waals surface area contributed by atoms with Gasteiger partial charge in [0, 0.05) is 37.8 Å². The van der Waals surface area contributed by atoms with E-state index in [1.165, 1.54) is 17.7 Å². The van der Waals surface area contributed by atoms with Gasteiger partial charge in [0.25, 0.3) is 5.91 Å². The monoisotopic (exact) mass is 443 g/mol. The van der Waals surface area contributed by atoms with Crippen molar-refractivity contribution < 1.29 is 9.53 Å². The Bertz CT molecular complexity index is 1110. The van der Waals surface area contributed by atoms with Gasteiger partial charge in [-0.25, -0.2) is 0 Å². The number of fused-ring (bicyclic) bond motifs is 4. The maximum Gasteiger partial charge on any atom is 0.251 e. The number of carbonyl (C=O) groups is 1. The number of hydrogen-bond acceptors (Lipinski definition) is 4. The predicted octanol–water partition coefficient (Wildman–Crippen LogP) is 4.50. The number of benzene rings is 3. The van der Waals surface area contributed by atoms with Crippen molar-refractivity contribution in [3.05, 3.63) is 71.8 Å². The molecule has 1 atom stereocenters. The van der Waals surface area contributed by atoms with Crippen molar-refractivity contribution in [1.29, 1.82) is 0 Å². The summed E-state index contributed by atoms with van der Waals surface area (Å²) in [5.41, 5.74) is 3.46. The summed E-state index contributed by atoms with van der Waals surface area (Å²) in [7, 11) is 1.77. The Hall–Kier alpha value is -3.05. The van der Waals surface area contributed by atoms with Crippen LogP contribution >= 0.6 is 0 Å². The van der Waals surface area contributed by atoms with Gasteiger partial charge in [-0.1, -0.05) is 42.5 Å². The minimum absolute atomic E-state index is 0.0178. The second-order valence-electron chi connectivity index (χ2n) is 9.18. The summed E-state index contributed by atoms with van der Waals surface area (Å²) in [6.45, 7) is 5.06. The highest BCUT2D eigenvalue weighted by molar-refractivity contribution is 5.98. The lowest BCUT2D eigenvalue weighted by Gasteiger charge is -2.46. The zero-order chi connectivity index (χ0) is 22.6. The highest BCUT2D eigenvalue weighted by atomic mass is 16.5. The van der Waals surface area contributed by atoms with Crippen molar-refractivity contribution in [2.75, 3.05) is 44.7 Å². The molecule has 0 unspecified atom stereocenters. The van der Waals surface area contributed by atoms with E-state index in [-0.39, 0.29) is 5.91 Å². The molecule has 5 heteroatoms. The number of para-hydroxylation sites is 1. The quantitative estimate of drug-likeness (QED) is 0.547. The van der Waals surface area contributed by atoms with Crippen molar-refractivity contribution in [2.45, 2.75) is 31.7 Å². The molecule has 2 heterocycles. The van der Waals surface area contributed by atoms with Crippen molar-refractivity contribution in [2.24, 2.45) is 0 Å². The minimum atomic E-state index is 0.0178. The van der Waals surface area contributed by atoms with Crippen molar-refractivity contribution in [3.63, 3.8) is 0 Å². The average molecular weight is 444 g/mol. The van der Waals surface area contributed by atoms with Crippen molar-refractivity contribution >= 4 is 22.4 Å². The molecule has 3 aromatic carbocycles. The molecule has 1 fully saturated rings. The number of amides is 1. The van der Waals surface area contributed by atoms with E-state index in [1.807, 2.05) is 36.4 Å². The molecule has 2 aliphatic rings. The van der Waals surface area contributed by atoms with Crippen LogP contribution < -0.4 is 15.0 Å². The highest BCUT2D eigenvalue weighted by Gasteiger charge is 2.33. The van der Waals surface area contributed by atoms with Crippen LogP contribution in [0.25, 0.3) is 10.8 Å². The molecule has 0 spiro atoms. The number of nitrogens with one attached hydrogen (secondary N) is 1. The lowest BCUT2D eigenvalue weighted by Crippen LogP contribution is -2.55. The molecule has 1 saturated heterocycles. The number of hydrogen-bond donors (Lipinski definition) is 1. The Morgan fingerprint density at radius 3 is 2.79 bits per heavy atom. The molecule has 0 radical (unpaired) electrons. The first-order chi connectivity index (χ1) is 16.2. The molecule has 1 amide bonds. The first-order valence-corrected chi connectivity index (χ1v) is 12.1. The predicted molar refractivity (Wildman–Crippen MR) is 134 cm³/mol. The van der Waals surface area contributed by atoms with Gasteiger partial charge in [0.1, 0.15) is 5.75 Å². The number of nitrogens with zero attached hydrogens (tertiary/aromatic N) is 2. The van der Waals surface area contributed by atoms with Crippen LogP contribution in [0.2, 0.25) is 0 Å². The molecule has 0 aliphatic carbocycles.